The maximum absolute atomic E-state index is 12.5. The summed E-state index contributed by atoms with van der Waals surface area (Å²) in [5.74, 6) is 1.12. The number of quaternary nitrogens is 1. The van der Waals surface area contributed by atoms with Gasteiger partial charge in [-0.1, -0.05) is 71.6 Å². The second kappa shape index (κ2) is 18.9. The van der Waals surface area contributed by atoms with Crippen LogP contribution < -0.4 is 9.96 Å². The molecule has 1 aromatic heterocycles. The van der Waals surface area contributed by atoms with Gasteiger partial charge in [-0.05, 0) is 37.3 Å². The van der Waals surface area contributed by atoms with Gasteiger partial charge in [0.05, 0.1) is 18.7 Å². The summed E-state index contributed by atoms with van der Waals surface area (Å²) in [4.78, 5) is 36.1. The smallest absolute Gasteiger partial charge is 0.345 e. The normalized spacial score (nSPS) is 15.1. The lowest BCUT2D eigenvalue weighted by atomic mass is 10.1. The van der Waals surface area contributed by atoms with Crippen LogP contribution in [0.5, 0.6) is 0 Å². The van der Waals surface area contributed by atoms with Crippen molar-refractivity contribution in [2.24, 2.45) is 5.92 Å². The molecule has 1 amide bonds. The number of anilines is 1. The molecule has 0 saturated carbocycles. The number of hydrogen-bond donors (Lipinski definition) is 1. The number of aromatic nitrogens is 1. The van der Waals surface area contributed by atoms with Gasteiger partial charge in [0.15, 0.2) is 0 Å². The zero-order valence-corrected chi connectivity index (χ0v) is 23.6. The molecule has 1 N–H and O–H groups in total. The van der Waals surface area contributed by atoms with Crippen molar-refractivity contribution in [3.63, 3.8) is 0 Å². The molecule has 1 saturated heterocycles. The molecular formula is C28H49N5O5. The van der Waals surface area contributed by atoms with Crippen LogP contribution in [-0.2, 0) is 4.84 Å². The molecule has 2 heterocycles. The first kappa shape index (κ1) is 31.9. The summed E-state index contributed by atoms with van der Waals surface area (Å²) in [7, 11) is 0. The third-order valence-corrected chi connectivity index (χ3v) is 7.08. The quantitative estimate of drug-likeness (QED) is 0.149. The van der Waals surface area contributed by atoms with Crippen LogP contribution in [0, 0.1) is 21.2 Å². The summed E-state index contributed by atoms with van der Waals surface area (Å²) in [6.07, 6.45) is 14.4. The Morgan fingerprint density at radius 1 is 0.947 bits per heavy atom. The van der Waals surface area contributed by atoms with E-state index in [2.05, 4.69) is 33.5 Å². The van der Waals surface area contributed by atoms with Gasteiger partial charge >= 0.3 is 5.91 Å². The van der Waals surface area contributed by atoms with Crippen LogP contribution in [0.25, 0.3) is 0 Å². The molecule has 10 heteroatoms. The minimum Gasteiger partial charge on any atom is -0.626 e. The highest BCUT2D eigenvalue weighted by Crippen LogP contribution is 2.15. The van der Waals surface area contributed by atoms with Crippen molar-refractivity contribution in [2.45, 2.75) is 90.9 Å². The van der Waals surface area contributed by atoms with Crippen molar-refractivity contribution in [1.82, 2.24) is 9.88 Å². The number of nitrogens with one attached hydrogen (secondary N) is 1. The lowest BCUT2D eigenvalue weighted by molar-refractivity contribution is -0.757. The number of nitrogens with zero attached hydrogens (tertiary/aromatic N) is 4. The van der Waals surface area contributed by atoms with Crippen LogP contribution in [0.1, 0.15) is 101 Å². The number of carbonyl (C=O) groups excluding carboxylic acids is 1. The number of rotatable bonds is 20. The van der Waals surface area contributed by atoms with E-state index in [0.717, 1.165) is 83.5 Å². The van der Waals surface area contributed by atoms with Gasteiger partial charge in [0.1, 0.15) is 5.82 Å². The molecule has 2 rings (SSSR count). The molecule has 0 aliphatic carbocycles. The molecule has 38 heavy (non-hydrogen) atoms. The molecule has 0 bridgehead atoms. The Hall–Kier alpha value is -2.30. The molecule has 10 nitrogen and oxygen atoms in total. The Bertz CT molecular complexity index is 784. The number of unbranched alkanes of at least 4 members (excludes halogenated alkanes) is 11. The van der Waals surface area contributed by atoms with E-state index in [1.54, 1.807) is 12.3 Å². The van der Waals surface area contributed by atoms with Crippen LogP contribution in [0.15, 0.2) is 18.3 Å². The van der Waals surface area contributed by atoms with E-state index in [0.29, 0.717) is 18.0 Å². The standard InChI is InChI=1S/C28H49N5O5/c1-25(2)24-30-18-20-31(21-19-30)27-16-15-26(23-29-27)28(34)32(35)17-13-11-9-7-5-3-4-6-8-10-12-14-22-38-33(36)37/h15-16,23,25,32H,3-14,17-22,24H2,1-2H3. The van der Waals surface area contributed by atoms with Gasteiger partial charge in [0.25, 0.3) is 5.09 Å². The number of hydrogen-bond acceptors (Lipinski definition) is 8. The topological polar surface area (TPSA) is 116 Å². The van der Waals surface area contributed by atoms with Crippen molar-refractivity contribution in [1.29, 1.82) is 0 Å². The summed E-state index contributed by atoms with van der Waals surface area (Å²) < 4.78 is 0. The van der Waals surface area contributed by atoms with Crippen molar-refractivity contribution in [3.05, 3.63) is 39.2 Å². The number of piperazine rings is 1. The molecule has 1 aliphatic heterocycles. The minimum atomic E-state index is -0.731. The van der Waals surface area contributed by atoms with Crippen LogP contribution >= 0.6 is 0 Å². The maximum Gasteiger partial charge on any atom is 0.345 e. The van der Waals surface area contributed by atoms with Crippen LogP contribution in [0.2, 0.25) is 0 Å². The van der Waals surface area contributed by atoms with E-state index in [4.69, 9.17) is 0 Å². The molecule has 0 aromatic carbocycles. The van der Waals surface area contributed by atoms with Gasteiger partial charge in [-0.15, -0.1) is 10.1 Å². The summed E-state index contributed by atoms with van der Waals surface area (Å²) >= 11 is 0. The van der Waals surface area contributed by atoms with Crippen molar-refractivity contribution in [2.75, 3.05) is 50.8 Å². The number of carbonyl (C=O) groups is 1. The predicted molar refractivity (Wildman–Crippen MR) is 150 cm³/mol. The lowest BCUT2D eigenvalue weighted by Crippen LogP contribution is -3.10. The second-order valence-corrected chi connectivity index (χ2v) is 10.9. The first-order chi connectivity index (χ1) is 18.4. The van der Waals surface area contributed by atoms with Gasteiger partial charge in [-0.25, -0.2) is 9.78 Å². The highest BCUT2D eigenvalue weighted by atomic mass is 16.9. The minimum absolute atomic E-state index is 0.202. The monoisotopic (exact) mass is 535 g/mol. The molecule has 1 atom stereocenters. The maximum atomic E-state index is 12.5. The summed E-state index contributed by atoms with van der Waals surface area (Å²) in [5.41, 5.74) is 0.391. The van der Waals surface area contributed by atoms with E-state index in [9.17, 15) is 20.1 Å². The number of hydroxylamine groups is 2. The van der Waals surface area contributed by atoms with Gasteiger partial charge in [0.2, 0.25) is 0 Å². The molecule has 0 spiro atoms. The molecule has 216 valence electrons. The third-order valence-electron chi connectivity index (χ3n) is 7.08. The highest BCUT2D eigenvalue weighted by Gasteiger charge is 2.20. The number of pyridine rings is 1. The van der Waals surface area contributed by atoms with Gasteiger partial charge in [-0.2, -0.15) is 0 Å². The average Bonchev–Trinajstić information content (AvgIpc) is 2.90. The Labute approximate surface area is 228 Å². The highest BCUT2D eigenvalue weighted by molar-refractivity contribution is 5.87. The van der Waals surface area contributed by atoms with Crippen LogP contribution in [-0.4, -0.2) is 66.8 Å². The van der Waals surface area contributed by atoms with E-state index < -0.39 is 11.0 Å². The number of amides is 1. The van der Waals surface area contributed by atoms with Crippen LogP contribution in [0.3, 0.4) is 0 Å². The lowest BCUT2D eigenvalue weighted by Gasteiger charge is -2.36. The molecule has 1 aliphatic rings. The molecule has 1 aromatic rings. The van der Waals surface area contributed by atoms with E-state index in [-0.39, 0.29) is 11.7 Å². The summed E-state index contributed by atoms with van der Waals surface area (Å²) in [5, 5.41) is 21.4. The Kier molecular flexibility index (Phi) is 15.8. The molecular weight excluding hydrogens is 486 g/mol. The van der Waals surface area contributed by atoms with E-state index >= 15 is 0 Å². The van der Waals surface area contributed by atoms with Crippen molar-refractivity contribution < 1.29 is 19.8 Å². The summed E-state index contributed by atoms with van der Waals surface area (Å²) in [6, 6.07) is 3.61. The van der Waals surface area contributed by atoms with Crippen molar-refractivity contribution in [3.8, 4) is 0 Å². The first-order valence-corrected chi connectivity index (χ1v) is 14.6. The molecule has 0 radical (unpaired) electrons. The molecule has 1 unspecified atom stereocenters. The zero-order chi connectivity index (χ0) is 27.6. The largest absolute Gasteiger partial charge is 0.626 e. The van der Waals surface area contributed by atoms with Crippen molar-refractivity contribution >= 4 is 11.7 Å². The van der Waals surface area contributed by atoms with Crippen LogP contribution in [0.4, 0.5) is 5.82 Å². The van der Waals surface area contributed by atoms with Gasteiger partial charge in [-0.3, -0.25) is 4.90 Å². The average molecular weight is 536 g/mol. The van der Waals surface area contributed by atoms with E-state index in [1.807, 2.05) is 6.07 Å². The fraction of sp³-hybridized carbons (Fsp3) is 0.786. The first-order valence-electron chi connectivity index (χ1n) is 14.6. The third kappa shape index (κ3) is 13.5. The Morgan fingerprint density at radius 2 is 1.50 bits per heavy atom. The fourth-order valence-electron chi connectivity index (χ4n) is 4.95. The Balaban J connectivity index is 1.48. The van der Waals surface area contributed by atoms with E-state index in [1.165, 1.54) is 32.1 Å². The second-order valence-electron chi connectivity index (χ2n) is 10.9. The molecule has 1 fully saturated rings. The van der Waals surface area contributed by atoms with Gasteiger partial charge in [0, 0.05) is 38.9 Å². The van der Waals surface area contributed by atoms with Gasteiger partial charge < -0.3 is 20.0 Å². The SMILES string of the molecule is CC(C)CN1CCN(c2ccc(C(=O)[NH+]([O-])CCCCCCCCCCCCCCO[N+](=O)[O-])cn2)CC1. The zero-order valence-electron chi connectivity index (χ0n) is 23.6. The summed E-state index contributed by atoms with van der Waals surface area (Å²) in [6.45, 7) is 10.0. The fourth-order valence-corrected chi connectivity index (χ4v) is 4.95. The predicted octanol–water partition coefficient (Wildman–Crippen LogP) is 4.27. The Morgan fingerprint density at radius 3 is 2.00 bits per heavy atom.